The molecule has 7 heteroatoms. The molecule has 0 aromatic heterocycles. The van der Waals surface area contributed by atoms with Crippen LogP contribution in [-0.4, -0.2) is 44.0 Å². The predicted molar refractivity (Wildman–Crippen MR) is 71.5 cm³/mol. The van der Waals surface area contributed by atoms with Crippen molar-refractivity contribution in [1.29, 1.82) is 0 Å². The third-order valence-corrected chi connectivity index (χ3v) is 5.40. The van der Waals surface area contributed by atoms with Gasteiger partial charge >= 0.3 is 5.97 Å². The molecule has 1 saturated heterocycles. The van der Waals surface area contributed by atoms with E-state index in [2.05, 4.69) is 0 Å². The van der Waals surface area contributed by atoms with Crippen molar-refractivity contribution in [1.82, 2.24) is 4.31 Å². The summed E-state index contributed by atoms with van der Waals surface area (Å²) >= 11 is 0. The minimum atomic E-state index is -3.65. The fraction of sp³-hybridized carbons (Fsp3) is 0.462. The van der Waals surface area contributed by atoms with Gasteiger partial charge in [-0.25, -0.2) is 8.42 Å². The molecule has 0 spiro atoms. The van der Waals surface area contributed by atoms with E-state index < -0.39 is 15.9 Å². The SMILES string of the molecule is COC(=O)C1CN(S(=O)(=O)c2ccc(O)cc2)CC1C. The van der Waals surface area contributed by atoms with Crippen molar-refractivity contribution in [2.24, 2.45) is 11.8 Å². The number of hydrogen-bond acceptors (Lipinski definition) is 5. The molecule has 1 aromatic rings. The first-order chi connectivity index (χ1) is 9.36. The molecule has 0 radical (unpaired) electrons. The second kappa shape index (κ2) is 5.41. The Labute approximate surface area is 118 Å². The monoisotopic (exact) mass is 299 g/mol. The molecule has 6 nitrogen and oxygen atoms in total. The molecular formula is C13H17NO5S. The van der Waals surface area contributed by atoms with Gasteiger partial charge in [-0.05, 0) is 30.2 Å². The molecule has 0 aliphatic carbocycles. The number of sulfonamides is 1. The molecule has 1 heterocycles. The highest BCUT2D eigenvalue weighted by Crippen LogP contribution is 2.29. The van der Waals surface area contributed by atoms with Crippen LogP contribution in [0, 0.1) is 11.8 Å². The molecule has 2 atom stereocenters. The van der Waals surface area contributed by atoms with Crippen LogP contribution in [0.1, 0.15) is 6.92 Å². The van der Waals surface area contributed by atoms with E-state index in [-0.39, 0.29) is 35.6 Å². The standard InChI is InChI=1S/C13H17NO5S/c1-9-7-14(8-12(9)13(16)19-2)20(17,18)11-5-3-10(15)4-6-11/h3-6,9,12,15H,7-8H2,1-2H3. The summed E-state index contributed by atoms with van der Waals surface area (Å²) < 4.78 is 30.9. The number of nitrogens with zero attached hydrogens (tertiary/aromatic N) is 1. The van der Waals surface area contributed by atoms with E-state index in [1.807, 2.05) is 6.92 Å². The summed E-state index contributed by atoms with van der Waals surface area (Å²) in [6.45, 7) is 2.23. The lowest BCUT2D eigenvalue weighted by Crippen LogP contribution is -2.30. The highest BCUT2D eigenvalue weighted by atomic mass is 32.2. The van der Waals surface area contributed by atoms with Crippen LogP contribution in [0.3, 0.4) is 0 Å². The Balaban J connectivity index is 2.24. The van der Waals surface area contributed by atoms with E-state index in [9.17, 15) is 18.3 Å². The number of carbonyl (C=O) groups is 1. The minimum Gasteiger partial charge on any atom is -0.508 e. The third-order valence-electron chi connectivity index (χ3n) is 3.56. The second-order valence-electron chi connectivity index (χ2n) is 4.92. The van der Waals surface area contributed by atoms with E-state index in [4.69, 9.17) is 4.74 Å². The molecule has 0 amide bonds. The van der Waals surface area contributed by atoms with Crippen molar-refractivity contribution in [3.63, 3.8) is 0 Å². The van der Waals surface area contributed by atoms with Crippen LogP contribution in [0.5, 0.6) is 5.75 Å². The van der Waals surface area contributed by atoms with E-state index >= 15 is 0 Å². The number of aromatic hydroxyl groups is 1. The van der Waals surface area contributed by atoms with Gasteiger partial charge < -0.3 is 9.84 Å². The topological polar surface area (TPSA) is 83.9 Å². The zero-order valence-electron chi connectivity index (χ0n) is 11.3. The van der Waals surface area contributed by atoms with Crippen molar-refractivity contribution in [2.75, 3.05) is 20.2 Å². The summed E-state index contributed by atoms with van der Waals surface area (Å²) in [5.41, 5.74) is 0. The molecule has 110 valence electrons. The average molecular weight is 299 g/mol. The van der Waals surface area contributed by atoms with E-state index in [1.54, 1.807) is 0 Å². The normalized spacial score (nSPS) is 23.7. The van der Waals surface area contributed by atoms with Gasteiger partial charge in [0.05, 0.1) is 17.9 Å². The van der Waals surface area contributed by atoms with Crippen LogP contribution in [0.4, 0.5) is 0 Å². The molecule has 1 aliphatic rings. The molecule has 0 bridgehead atoms. The predicted octanol–water partition coefficient (Wildman–Crippen LogP) is 0.822. The Bertz CT molecular complexity index is 596. The third kappa shape index (κ3) is 2.64. The Morgan fingerprint density at radius 2 is 1.90 bits per heavy atom. The molecular weight excluding hydrogens is 282 g/mol. The summed E-state index contributed by atoms with van der Waals surface area (Å²) in [6.07, 6.45) is 0. The number of carbonyl (C=O) groups excluding carboxylic acids is 1. The van der Waals surface area contributed by atoms with Gasteiger partial charge in [-0.3, -0.25) is 4.79 Å². The van der Waals surface area contributed by atoms with Crippen molar-refractivity contribution < 1.29 is 23.1 Å². The Hall–Kier alpha value is -1.60. The Morgan fingerprint density at radius 1 is 1.30 bits per heavy atom. The van der Waals surface area contributed by atoms with Gasteiger partial charge in [0, 0.05) is 13.1 Å². The first-order valence-electron chi connectivity index (χ1n) is 6.23. The fourth-order valence-electron chi connectivity index (χ4n) is 2.34. The van der Waals surface area contributed by atoms with Crippen LogP contribution in [0.2, 0.25) is 0 Å². The first-order valence-corrected chi connectivity index (χ1v) is 7.67. The van der Waals surface area contributed by atoms with Gasteiger partial charge in [0.25, 0.3) is 0 Å². The lowest BCUT2D eigenvalue weighted by atomic mass is 9.99. The quantitative estimate of drug-likeness (QED) is 0.835. The lowest BCUT2D eigenvalue weighted by molar-refractivity contribution is -0.145. The van der Waals surface area contributed by atoms with E-state index in [0.717, 1.165) is 0 Å². The highest BCUT2D eigenvalue weighted by Gasteiger charge is 2.41. The molecule has 0 saturated carbocycles. The number of hydrogen-bond donors (Lipinski definition) is 1. The van der Waals surface area contributed by atoms with Gasteiger partial charge in [-0.1, -0.05) is 6.92 Å². The van der Waals surface area contributed by atoms with Gasteiger partial charge in [-0.15, -0.1) is 0 Å². The molecule has 1 N–H and O–H groups in total. The van der Waals surface area contributed by atoms with Crippen molar-refractivity contribution in [2.45, 2.75) is 11.8 Å². The first kappa shape index (κ1) is 14.8. The Kier molecular flexibility index (Phi) is 4.01. The number of methoxy groups -OCH3 is 1. The maximum Gasteiger partial charge on any atom is 0.310 e. The average Bonchev–Trinajstić information content (AvgIpc) is 2.81. The van der Waals surface area contributed by atoms with E-state index in [1.165, 1.54) is 35.7 Å². The smallest absolute Gasteiger partial charge is 0.310 e. The maximum atomic E-state index is 12.4. The minimum absolute atomic E-state index is 0.00572. The number of phenolic OH excluding ortho intramolecular Hbond substituents is 1. The van der Waals surface area contributed by atoms with Gasteiger partial charge in [-0.2, -0.15) is 4.31 Å². The number of benzene rings is 1. The zero-order valence-corrected chi connectivity index (χ0v) is 12.1. The summed E-state index contributed by atoms with van der Waals surface area (Å²) in [5.74, 6) is -0.909. The molecule has 20 heavy (non-hydrogen) atoms. The van der Waals surface area contributed by atoms with Gasteiger partial charge in [0.1, 0.15) is 5.75 Å². The van der Waals surface area contributed by atoms with Gasteiger partial charge in [0.2, 0.25) is 10.0 Å². The number of esters is 1. The molecule has 1 aromatic carbocycles. The number of phenols is 1. The van der Waals surface area contributed by atoms with Crippen molar-refractivity contribution in [3.05, 3.63) is 24.3 Å². The number of ether oxygens (including phenoxy) is 1. The van der Waals surface area contributed by atoms with Crippen LogP contribution in [-0.2, 0) is 19.6 Å². The van der Waals surface area contributed by atoms with Crippen LogP contribution >= 0.6 is 0 Å². The van der Waals surface area contributed by atoms with Crippen LogP contribution < -0.4 is 0 Å². The summed E-state index contributed by atoms with van der Waals surface area (Å²) in [4.78, 5) is 11.7. The van der Waals surface area contributed by atoms with Crippen molar-refractivity contribution in [3.8, 4) is 5.75 Å². The maximum absolute atomic E-state index is 12.4. The lowest BCUT2D eigenvalue weighted by Gasteiger charge is -2.16. The molecule has 2 rings (SSSR count). The second-order valence-corrected chi connectivity index (χ2v) is 6.86. The summed E-state index contributed by atoms with van der Waals surface area (Å²) in [6, 6.07) is 5.34. The molecule has 2 unspecified atom stereocenters. The summed E-state index contributed by atoms with van der Waals surface area (Å²) in [7, 11) is -2.35. The molecule has 1 fully saturated rings. The Morgan fingerprint density at radius 3 is 2.45 bits per heavy atom. The number of rotatable bonds is 3. The van der Waals surface area contributed by atoms with Crippen molar-refractivity contribution >= 4 is 16.0 Å². The van der Waals surface area contributed by atoms with Crippen LogP contribution in [0.25, 0.3) is 0 Å². The fourth-order valence-corrected chi connectivity index (χ4v) is 3.91. The molecule has 1 aliphatic heterocycles. The highest BCUT2D eigenvalue weighted by molar-refractivity contribution is 7.89. The van der Waals surface area contributed by atoms with Crippen LogP contribution in [0.15, 0.2) is 29.2 Å². The zero-order chi connectivity index (χ0) is 14.9. The summed E-state index contributed by atoms with van der Waals surface area (Å²) in [5, 5.41) is 9.21. The largest absolute Gasteiger partial charge is 0.508 e. The van der Waals surface area contributed by atoms with Gasteiger partial charge in [0.15, 0.2) is 0 Å². The van der Waals surface area contributed by atoms with E-state index in [0.29, 0.717) is 0 Å².